The lowest BCUT2D eigenvalue weighted by Crippen LogP contribution is -2.40. The average Bonchev–Trinajstić information content (AvgIpc) is 2.69. The predicted octanol–water partition coefficient (Wildman–Crippen LogP) is 2.13. The van der Waals surface area contributed by atoms with Crippen LogP contribution in [0.25, 0.3) is 0 Å². The molecule has 0 fully saturated rings. The molecule has 1 unspecified atom stereocenters. The Labute approximate surface area is 193 Å². The highest BCUT2D eigenvalue weighted by atomic mass is 127. The minimum absolute atomic E-state index is 0. The standard InChI is InChI=1S/C20H25N5O3S.HI/c1-2-22-20(23-12-14-7-9-16(10-8-14)29(21,27)28)24-13-15-11-19(26)25-18-6-4-3-5-17(15)18;/h3-10,15H,2,11-13H2,1H3,(H,25,26)(H2,21,27,28)(H2,22,23,24);1H. The third-order valence-corrected chi connectivity index (χ3v) is 5.57. The number of carbonyl (C=O) groups excluding carboxylic acids is 1. The minimum Gasteiger partial charge on any atom is -0.357 e. The number of fused-ring (bicyclic) bond motifs is 1. The maximum Gasteiger partial charge on any atom is 0.238 e. The van der Waals surface area contributed by atoms with E-state index in [2.05, 4.69) is 20.9 Å². The number of hydrogen-bond acceptors (Lipinski definition) is 4. The molecule has 0 spiro atoms. The molecule has 0 aromatic heterocycles. The minimum atomic E-state index is -3.70. The molecule has 0 bridgehead atoms. The zero-order valence-electron chi connectivity index (χ0n) is 16.6. The number of amides is 1. The number of anilines is 1. The third-order valence-electron chi connectivity index (χ3n) is 4.64. The van der Waals surface area contributed by atoms with Gasteiger partial charge in [-0.05, 0) is 36.2 Å². The molecule has 5 N–H and O–H groups in total. The Hall–Kier alpha value is -2.18. The number of sulfonamides is 1. The van der Waals surface area contributed by atoms with E-state index in [1.54, 1.807) is 12.1 Å². The van der Waals surface area contributed by atoms with E-state index in [9.17, 15) is 13.2 Å². The highest BCUT2D eigenvalue weighted by Gasteiger charge is 2.24. The highest BCUT2D eigenvalue weighted by molar-refractivity contribution is 14.0. The normalized spacial score (nSPS) is 16.1. The monoisotopic (exact) mass is 543 g/mol. The van der Waals surface area contributed by atoms with Crippen LogP contribution in [0, 0.1) is 0 Å². The fourth-order valence-electron chi connectivity index (χ4n) is 3.20. The lowest BCUT2D eigenvalue weighted by Gasteiger charge is -2.26. The second-order valence-electron chi connectivity index (χ2n) is 6.80. The Bertz CT molecular complexity index is 1010. The maximum absolute atomic E-state index is 12.0. The number of nitrogens with two attached hydrogens (primary N) is 1. The first kappa shape index (κ1) is 24.1. The van der Waals surface area contributed by atoms with Gasteiger partial charge in [0.2, 0.25) is 15.9 Å². The molecule has 1 aliphatic rings. The Balaban J connectivity index is 0.00000320. The van der Waals surface area contributed by atoms with E-state index in [-0.39, 0.29) is 40.7 Å². The van der Waals surface area contributed by atoms with Crippen molar-refractivity contribution in [3.8, 4) is 0 Å². The van der Waals surface area contributed by atoms with Crippen molar-refractivity contribution in [3.63, 3.8) is 0 Å². The van der Waals surface area contributed by atoms with Gasteiger partial charge in [0.1, 0.15) is 0 Å². The van der Waals surface area contributed by atoms with E-state index in [0.29, 0.717) is 32.0 Å². The molecule has 0 saturated carbocycles. The number of hydrogen-bond donors (Lipinski definition) is 4. The summed E-state index contributed by atoms with van der Waals surface area (Å²) in [5.74, 6) is 0.691. The van der Waals surface area contributed by atoms with Gasteiger partial charge in [-0.15, -0.1) is 24.0 Å². The Morgan fingerprint density at radius 1 is 1.17 bits per heavy atom. The average molecular weight is 543 g/mol. The number of aliphatic imine (C=N–C) groups is 1. The molecule has 8 nitrogen and oxygen atoms in total. The van der Waals surface area contributed by atoms with Crippen molar-refractivity contribution < 1.29 is 13.2 Å². The van der Waals surface area contributed by atoms with E-state index in [0.717, 1.165) is 16.8 Å². The largest absolute Gasteiger partial charge is 0.357 e. The second kappa shape index (κ2) is 10.7. The lowest BCUT2D eigenvalue weighted by molar-refractivity contribution is -0.116. The summed E-state index contributed by atoms with van der Waals surface area (Å²) in [6.45, 7) is 3.61. The molecular weight excluding hydrogens is 517 g/mol. The third kappa shape index (κ3) is 6.41. The van der Waals surface area contributed by atoms with Gasteiger partial charge in [0.15, 0.2) is 5.96 Å². The SMILES string of the molecule is CCNC(=NCc1ccc(S(N)(=O)=O)cc1)NCC1CC(=O)Nc2ccccc21.I. The van der Waals surface area contributed by atoms with E-state index >= 15 is 0 Å². The zero-order valence-corrected chi connectivity index (χ0v) is 19.7. The molecule has 1 aliphatic heterocycles. The molecule has 2 aromatic carbocycles. The molecule has 0 saturated heterocycles. The van der Waals surface area contributed by atoms with Crippen LogP contribution in [0.1, 0.15) is 30.4 Å². The van der Waals surface area contributed by atoms with E-state index in [4.69, 9.17) is 5.14 Å². The Morgan fingerprint density at radius 3 is 2.53 bits per heavy atom. The summed E-state index contributed by atoms with van der Waals surface area (Å²) in [6.07, 6.45) is 0.415. The number of nitrogens with zero attached hydrogens (tertiary/aromatic N) is 1. The molecule has 10 heteroatoms. The highest BCUT2D eigenvalue weighted by Crippen LogP contribution is 2.31. The fourth-order valence-corrected chi connectivity index (χ4v) is 3.72. The summed E-state index contributed by atoms with van der Waals surface area (Å²) < 4.78 is 22.7. The van der Waals surface area contributed by atoms with Crippen LogP contribution in [0.5, 0.6) is 0 Å². The van der Waals surface area contributed by atoms with Crippen molar-refractivity contribution in [1.29, 1.82) is 0 Å². The Morgan fingerprint density at radius 2 is 1.87 bits per heavy atom. The van der Waals surface area contributed by atoms with Crippen LogP contribution in [0.15, 0.2) is 58.4 Å². The van der Waals surface area contributed by atoms with Crippen LogP contribution in [0.4, 0.5) is 5.69 Å². The van der Waals surface area contributed by atoms with Gasteiger partial charge in [0.05, 0.1) is 11.4 Å². The summed E-state index contributed by atoms with van der Waals surface area (Å²) in [5, 5.41) is 14.5. The number of guanidine groups is 1. The number of benzene rings is 2. The number of rotatable bonds is 6. The zero-order chi connectivity index (χ0) is 20.9. The van der Waals surface area contributed by atoms with Crippen LogP contribution in [0.2, 0.25) is 0 Å². The van der Waals surface area contributed by atoms with E-state index in [1.807, 2.05) is 31.2 Å². The molecule has 1 amide bonds. The summed E-state index contributed by atoms with van der Waals surface area (Å²) >= 11 is 0. The van der Waals surface area contributed by atoms with Gasteiger partial charge in [-0.25, -0.2) is 18.5 Å². The summed E-state index contributed by atoms with van der Waals surface area (Å²) in [7, 11) is -3.70. The topological polar surface area (TPSA) is 126 Å². The van der Waals surface area contributed by atoms with Gasteiger partial charge in [0, 0.05) is 31.1 Å². The van der Waals surface area contributed by atoms with Gasteiger partial charge in [-0.2, -0.15) is 0 Å². The number of primary sulfonamides is 1. The van der Waals surface area contributed by atoms with Crippen molar-refractivity contribution in [1.82, 2.24) is 10.6 Å². The summed E-state index contributed by atoms with van der Waals surface area (Å²) in [5.41, 5.74) is 2.82. The van der Waals surface area contributed by atoms with Crippen LogP contribution >= 0.6 is 24.0 Å². The Kier molecular flexibility index (Phi) is 8.62. The van der Waals surface area contributed by atoms with E-state index in [1.165, 1.54) is 12.1 Å². The van der Waals surface area contributed by atoms with Gasteiger partial charge in [-0.1, -0.05) is 30.3 Å². The van der Waals surface area contributed by atoms with Crippen LogP contribution in [0.3, 0.4) is 0 Å². The molecule has 1 heterocycles. The predicted molar refractivity (Wildman–Crippen MR) is 128 cm³/mol. The van der Waals surface area contributed by atoms with Crippen molar-refractivity contribution in [3.05, 3.63) is 59.7 Å². The molecule has 162 valence electrons. The first-order chi connectivity index (χ1) is 13.9. The fraction of sp³-hybridized carbons (Fsp3) is 0.300. The van der Waals surface area contributed by atoms with Crippen LogP contribution < -0.4 is 21.1 Å². The van der Waals surface area contributed by atoms with Crippen LogP contribution in [-0.2, 0) is 21.4 Å². The van der Waals surface area contributed by atoms with Gasteiger partial charge in [0.25, 0.3) is 0 Å². The first-order valence-corrected chi connectivity index (χ1v) is 10.9. The smallest absolute Gasteiger partial charge is 0.238 e. The van der Waals surface area contributed by atoms with E-state index < -0.39 is 10.0 Å². The van der Waals surface area contributed by atoms with Crippen molar-refractivity contribution >= 4 is 51.6 Å². The van der Waals surface area contributed by atoms with Crippen molar-refractivity contribution in [2.75, 3.05) is 18.4 Å². The number of halogens is 1. The molecule has 2 aromatic rings. The summed E-state index contributed by atoms with van der Waals surface area (Å²) in [6, 6.07) is 14.1. The second-order valence-corrected chi connectivity index (χ2v) is 8.36. The first-order valence-electron chi connectivity index (χ1n) is 9.39. The molecule has 3 rings (SSSR count). The molecule has 0 radical (unpaired) electrons. The molecule has 1 atom stereocenters. The summed E-state index contributed by atoms with van der Waals surface area (Å²) in [4.78, 5) is 16.6. The van der Waals surface area contributed by atoms with Gasteiger partial charge < -0.3 is 16.0 Å². The molecular formula is C20H26IN5O3S. The quantitative estimate of drug-likeness (QED) is 0.253. The van der Waals surface area contributed by atoms with Crippen LogP contribution in [-0.4, -0.2) is 33.4 Å². The number of para-hydroxylation sites is 1. The molecule has 30 heavy (non-hydrogen) atoms. The van der Waals surface area contributed by atoms with Gasteiger partial charge in [-0.3, -0.25) is 4.79 Å². The van der Waals surface area contributed by atoms with Crippen molar-refractivity contribution in [2.45, 2.75) is 30.7 Å². The number of carbonyl (C=O) groups is 1. The molecule has 0 aliphatic carbocycles. The van der Waals surface area contributed by atoms with Crippen molar-refractivity contribution in [2.24, 2.45) is 10.1 Å². The number of nitrogens with one attached hydrogen (secondary N) is 3. The maximum atomic E-state index is 12.0. The lowest BCUT2D eigenvalue weighted by atomic mass is 9.90. The van der Waals surface area contributed by atoms with Gasteiger partial charge >= 0.3 is 0 Å².